The molecular formula is C18H19N3. The molecule has 0 unspecified atom stereocenters. The zero-order valence-corrected chi connectivity index (χ0v) is 12.4. The molecule has 0 aliphatic carbocycles. The highest BCUT2D eigenvalue weighted by Gasteiger charge is 2.05. The SMILES string of the molecule is CC(C)c1ccc(-c2cn(Cc3ccccc3)nn2)cc1. The van der Waals surface area contributed by atoms with Crippen molar-refractivity contribution < 1.29 is 0 Å². The first kappa shape index (κ1) is 13.6. The molecule has 0 fully saturated rings. The Morgan fingerprint density at radius 3 is 2.33 bits per heavy atom. The Bertz CT molecular complexity index is 697. The highest BCUT2D eigenvalue weighted by atomic mass is 15.4. The molecule has 1 heterocycles. The molecule has 0 bridgehead atoms. The van der Waals surface area contributed by atoms with Crippen molar-refractivity contribution in [1.82, 2.24) is 15.0 Å². The molecule has 1 aromatic heterocycles. The molecule has 106 valence electrons. The lowest BCUT2D eigenvalue weighted by atomic mass is 10.0. The maximum absolute atomic E-state index is 4.27. The third-order valence-electron chi connectivity index (χ3n) is 3.60. The Hall–Kier alpha value is -2.42. The fraction of sp³-hybridized carbons (Fsp3) is 0.222. The van der Waals surface area contributed by atoms with Gasteiger partial charge in [0.15, 0.2) is 0 Å². The van der Waals surface area contributed by atoms with Crippen LogP contribution in [0.25, 0.3) is 11.3 Å². The van der Waals surface area contributed by atoms with E-state index in [2.05, 4.69) is 60.6 Å². The van der Waals surface area contributed by atoms with Gasteiger partial charge in [0, 0.05) is 5.56 Å². The summed E-state index contributed by atoms with van der Waals surface area (Å²) in [4.78, 5) is 0. The van der Waals surface area contributed by atoms with Crippen molar-refractivity contribution in [3.63, 3.8) is 0 Å². The summed E-state index contributed by atoms with van der Waals surface area (Å²) in [5, 5.41) is 8.48. The molecule has 0 aliphatic heterocycles. The molecule has 0 aliphatic rings. The Morgan fingerprint density at radius 1 is 0.952 bits per heavy atom. The van der Waals surface area contributed by atoms with Gasteiger partial charge in [-0.05, 0) is 17.0 Å². The molecule has 3 nitrogen and oxygen atoms in total. The summed E-state index contributed by atoms with van der Waals surface area (Å²) < 4.78 is 1.88. The average Bonchev–Trinajstić information content (AvgIpc) is 2.97. The second kappa shape index (κ2) is 5.92. The highest BCUT2D eigenvalue weighted by molar-refractivity contribution is 5.58. The van der Waals surface area contributed by atoms with E-state index in [4.69, 9.17) is 0 Å². The second-order valence-electron chi connectivity index (χ2n) is 5.56. The van der Waals surface area contributed by atoms with Crippen molar-refractivity contribution >= 4 is 0 Å². The lowest BCUT2D eigenvalue weighted by Gasteiger charge is -2.05. The van der Waals surface area contributed by atoms with E-state index in [-0.39, 0.29) is 0 Å². The molecule has 3 heteroatoms. The van der Waals surface area contributed by atoms with Gasteiger partial charge in [-0.1, -0.05) is 73.7 Å². The third-order valence-corrected chi connectivity index (χ3v) is 3.60. The molecular weight excluding hydrogens is 258 g/mol. The van der Waals surface area contributed by atoms with Crippen molar-refractivity contribution in [3.8, 4) is 11.3 Å². The van der Waals surface area contributed by atoms with Crippen LogP contribution in [0.4, 0.5) is 0 Å². The van der Waals surface area contributed by atoms with E-state index < -0.39 is 0 Å². The van der Waals surface area contributed by atoms with Crippen molar-refractivity contribution in [1.29, 1.82) is 0 Å². The first-order valence-electron chi connectivity index (χ1n) is 7.27. The predicted molar refractivity (Wildman–Crippen MR) is 85.1 cm³/mol. The van der Waals surface area contributed by atoms with Gasteiger partial charge in [-0.15, -0.1) is 5.10 Å². The van der Waals surface area contributed by atoms with Crippen LogP contribution in [0.2, 0.25) is 0 Å². The summed E-state index contributed by atoms with van der Waals surface area (Å²) >= 11 is 0. The second-order valence-corrected chi connectivity index (χ2v) is 5.56. The van der Waals surface area contributed by atoms with E-state index >= 15 is 0 Å². The van der Waals surface area contributed by atoms with E-state index in [0.29, 0.717) is 5.92 Å². The van der Waals surface area contributed by atoms with Crippen LogP contribution in [0.3, 0.4) is 0 Å². The Morgan fingerprint density at radius 2 is 1.67 bits per heavy atom. The summed E-state index contributed by atoms with van der Waals surface area (Å²) in [6.07, 6.45) is 2.00. The minimum absolute atomic E-state index is 0.549. The van der Waals surface area contributed by atoms with E-state index in [1.54, 1.807) is 0 Å². The molecule has 3 rings (SSSR count). The number of aromatic nitrogens is 3. The standard InChI is InChI=1S/C18H19N3/c1-14(2)16-8-10-17(11-9-16)18-13-21(20-19-18)12-15-6-4-3-5-7-15/h3-11,13-14H,12H2,1-2H3. The molecule has 0 radical (unpaired) electrons. The lowest BCUT2D eigenvalue weighted by Crippen LogP contribution is -1.99. The summed E-state index contributed by atoms with van der Waals surface area (Å²) in [6.45, 7) is 5.15. The highest BCUT2D eigenvalue weighted by Crippen LogP contribution is 2.20. The van der Waals surface area contributed by atoms with Gasteiger partial charge in [-0.25, -0.2) is 4.68 Å². The molecule has 0 amide bonds. The number of benzene rings is 2. The normalized spacial score (nSPS) is 11.0. The summed E-state index contributed by atoms with van der Waals surface area (Å²) in [7, 11) is 0. The van der Waals surface area contributed by atoms with Crippen LogP contribution in [0, 0.1) is 0 Å². The molecule has 0 spiro atoms. The van der Waals surface area contributed by atoms with Gasteiger partial charge in [0.05, 0.1) is 12.7 Å². The first-order chi connectivity index (χ1) is 10.2. The minimum atomic E-state index is 0.549. The number of hydrogen-bond donors (Lipinski definition) is 0. The molecule has 0 saturated heterocycles. The van der Waals surface area contributed by atoms with Gasteiger partial charge in [-0.3, -0.25) is 0 Å². The molecule has 3 aromatic rings. The molecule has 0 atom stereocenters. The van der Waals surface area contributed by atoms with Crippen LogP contribution in [0.15, 0.2) is 60.8 Å². The summed E-state index contributed by atoms with van der Waals surface area (Å²) in [5.74, 6) is 0.549. The van der Waals surface area contributed by atoms with E-state index in [9.17, 15) is 0 Å². The fourth-order valence-corrected chi connectivity index (χ4v) is 2.32. The third kappa shape index (κ3) is 3.19. The number of hydrogen-bond acceptors (Lipinski definition) is 2. The number of rotatable bonds is 4. The van der Waals surface area contributed by atoms with Crippen LogP contribution in [-0.2, 0) is 6.54 Å². The first-order valence-corrected chi connectivity index (χ1v) is 7.27. The Kier molecular flexibility index (Phi) is 3.82. The zero-order chi connectivity index (χ0) is 14.7. The minimum Gasteiger partial charge on any atom is -0.247 e. The van der Waals surface area contributed by atoms with Crippen LogP contribution in [-0.4, -0.2) is 15.0 Å². The van der Waals surface area contributed by atoms with Crippen molar-refractivity contribution in [2.75, 3.05) is 0 Å². The topological polar surface area (TPSA) is 30.7 Å². The van der Waals surface area contributed by atoms with Gasteiger partial charge >= 0.3 is 0 Å². The summed E-state index contributed by atoms with van der Waals surface area (Å²) in [6, 6.07) is 18.9. The molecule has 0 saturated carbocycles. The Balaban J connectivity index is 1.78. The van der Waals surface area contributed by atoms with Crippen LogP contribution in [0.5, 0.6) is 0 Å². The van der Waals surface area contributed by atoms with Crippen molar-refractivity contribution in [2.24, 2.45) is 0 Å². The van der Waals surface area contributed by atoms with Gasteiger partial charge in [0.25, 0.3) is 0 Å². The Labute approximate surface area is 125 Å². The van der Waals surface area contributed by atoms with E-state index in [0.717, 1.165) is 17.8 Å². The van der Waals surface area contributed by atoms with Gasteiger partial charge in [0.1, 0.15) is 5.69 Å². The van der Waals surface area contributed by atoms with Gasteiger partial charge in [-0.2, -0.15) is 0 Å². The quantitative estimate of drug-likeness (QED) is 0.718. The molecule has 2 aromatic carbocycles. The van der Waals surface area contributed by atoms with Crippen LogP contribution >= 0.6 is 0 Å². The van der Waals surface area contributed by atoms with Gasteiger partial charge < -0.3 is 0 Å². The fourth-order valence-electron chi connectivity index (χ4n) is 2.32. The van der Waals surface area contributed by atoms with Crippen LogP contribution in [0.1, 0.15) is 30.9 Å². The maximum Gasteiger partial charge on any atom is 0.113 e. The van der Waals surface area contributed by atoms with E-state index in [1.165, 1.54) is 11.1 Å². The summed E-state index contributed by atoms with van der Waals surface area (Å²) in [5.41, 5.74) is 4.60. The maximum atomic E-state index is 4.27. The molecule has 0 N–H and O–H groups in total. The molecule has 21 heavy (non-hydrogen) atoms. The van der Waals surface area contributed by atoms with E-state index in [1.807, 2.05) is 29.1 Å². The zero-order valence-electron chi connectivity index (χ0n) is 12.4. The largest absolute Gasteiger partial charge is 0.247 e. The smallest absolute Gasteiger partial charge is 0.113 e. The monoisotopic (exact) mass is 277 g/mol. The number of nitrogens with zero attached hydrogens (tertiary/aromatic N) is 3. The van der Waals surface area contributed by atoms with Crippen molar-refractivity contribution in [3.05, 3.63) is 71.9 Å². The average molecular weight is 277 g/mol. The van der Waals surface area contributed by atoms with Crippen molar-refractivity contribution in [2.45, 2.75) is 26.3 Å². The van der Waals surface area contributed by atoms with Gasteiger partial charge in [0.2, 0.25) is 0 Å². The lowest BCUT2D eigenvalue weighted by molar-refractivity contribution is 0.650. The predicted octanol–water partition coefficient (Wildman–Crippen LogP) is 4.12. The van der Waals surface area contributed by atoms with Crippen LogP contribution < -0.4 is 0 Å².